The number of hydrogen-bond acceptors (Lipinski definition) is 10. The Morgan fingerprint density at radius 1 is 1.03 bits per heavy atom. The first kappa shape index (κ1) is 33.7. The predicted octanol–water partition coefficient (Wildman–Crippen LogP) is 1.19. The van der Waals surface area contributed by atoms with Gasteiger partial charge in [0.2, 0.25) is 5.91 Å². The molecular weight excluding hydrogens is 510 g/mol. The number of ether oxygens (including phenoxy) is 5. The molecule has 0 radical (unpaired) electrons. The van der Waals surface area contributed by atoms with Crippen molar-refractivity contribution < 1.29 is 42.9 Å². The van der Waals surface area contributed by atoms with Crippen LogP contribution in [0.4, 0.5) is 0 Å². The minimum atomic E-state index is -1.10. The number of fused-ring (bicyclic) bond motifs is 1. The highest BCUT2D eigenvalue weighted by Gasteiger charge is 2.44. The van der Waals surface area contributed by atoms with Crippen molar-refractivity contribution in [3.05, 3.63) is 41.6 Å². The van der Waals surface area contributed by atoms with Gasteiger partial charge in [0.25, 0.3) is 11.8 Å². The van der Waals surface area contributed by atoms with E-state index in [1.807, 2.05) is 0 Å². The molecule has 1 aliphatic heterocycles. The molecule has 1 atom stereocenters. The summed E-state index contributed by atoms with van der Waals surface area (Å²) in [6, 6.07) is 3.58. The van der Waals surface area contributed by atoms with E-state index >= 15 is 0 Å². The van der Waals surface area contributed by atoms with Crippen LogP contribution in [0.15, 0.2) is 30.5 Å². The van der Waals surface area contributed by atoms with Crippen LogP contribution in [0.5, 0.6) is 5.75 Å². The maximum absolute atomic E-state index is 13.2. The van der Waals surface area contributed by atoms with Gasteiger partial charge in [-0.2, -0.15) is 0 Å². The van der Waals surface area contributed by atoms with Gasteiger partial charge in [-0.05, 0) is 18.6 Å². The maximum Gasteiger partial charge on any atom is 0.266 e. The lowest BCUT2D eigenvalue weighted by molar-refractivity contribution is -0.124. The first-order valence-corrected chi connectivity index (χ1v) is 12.4. The molecule has 0 saturated heterocycles. The average molecular weight is 552 g/mol. The topological polar surface area (TPSA) is 142 Å². The van der Waals surface area contributed by atoms with Crippen molar-refractivity contribution in [3.63, 3.8) is 0 Å². The van der Waals surface area contributed by atoms with E-state index in [2.05, 4.69) is 17.2 Å². The van der Waals surface area contributed by atoms with Crippen LogP contribution in [0.3, 0.4) is 0 Å². The summed E-state index contributed by atoms with van der Waals surface area (Å²) in [7, 11) is 3.02. The number of benzene rings is 1. The largest absolute Gasteiger partial charge is 0.487 e. The molecule has 1 aromatic rings. The third-order valence-electron chi connectivity index (χ3n) is 5.53. The van der Waals surface area contributed by atoms with E-state index in [0.717, 1.165) is 4.90 Å². The van der Waals surface area contributed by atoms with Gasteiger partial charge in [0.1, 0.15) is 24.7 Å². The third kappa shape index (κ3) is 10.4. The molecule has 218 valence electrons. The highest BCUT2D eigenvalue weighted by atomic mass is 16.6. The van der Waals surface area contributed by atoms with Crippen molar-refractivity contribution in [1.29, 1.82) is 0 Å². The quantitative estimate of drug-likeness (QED) is 0.130. The third-order valence-corrected chi connectivity index (χ3v) is 5.53. The number of aldehydes is 1. The second-order valence-electron chi connectivity index (χ2n) is 8.18. The Morgan fingerprint density at radius 3 is 2.28 bits per heavy atom. The summed E-state index contributed by atoms with van der Waals surface area (Å²) in [6.07, 6.45) is 0.701. The molecule has 12 heteroatoms. The van der Waals surface area contributed by atoms with Crippen LogP contribution < -0.4 is 15.4 Å². The number of likely N-dealkylation sites (N-methyl/N-ethyl adjacent to an activating group) is 1. The van der Waals surface area contributed by atoms with Crippen molar-refractivity contribution in [3.8, 4) is 5.75 Å². The van der Waals surface area contributed by atoms with Crippen molar-refractivity contribution in [2.75, 3.05) is 73.6 Å². The molecule has 39 heavy (non-hydrogen) atoms. The fourth-order valence-corrected chi connectivity index (χ4v) is 3.65. The standard InChI is InChI=1S/C26H37N3O9.CH4/c1-19(28-9-11-35-14-15-37-17-16-36-13-12-34-3)18-38-22-8-4-6-20-23(22)26(33)29(25(20)32)21(7-5-10-30)24(31)27-2;/h4,6,8,10,21,28H,1,5,7,9,11-18H2,2-3H3,(H,27,31);1H4. The minimum absolute atomic E-state index is 0. The van der Waals surface area contributed by atoms with Crippen molar-refractivity contribution in [1.82, 2.24) is 15.5 Å². The minimum Gasteiger partial charge on any atom is -0.487 e. The summed E-state index contributed by atoms with van der Waals surface area (Å²) in [4.78, 5) is 50.2. The van der Waals surface area contributed by atoms with Crippen LogP contribution in [0.2, 0.25) is 0 Å². The Hall–Kier alpha value is -3.32. The highest BCUT2D eigenvalue weighted by Crippen LogP contribution is 2.33. The second kappa shape index (κ2) is 18.9. The number of nitrogens with one attached hydrogen (secondary N) is 2. The molecule has 1 aromatic carbocycles. The van der Waals surface area contributed by atoms with Crippen molar-refractivity contribution in [2.45, 2.75) is 26.3 Å². The van der Waals surface area contributed by atoms with Gasteiger partial charge in [-0.15, -0.1) is 0 Å². The zero-order chi connectivity index (χ0) is 27.8. The second-order valence-corrected chi connectivity index (χ2v) is 8.18. The molecule has 1 heterocycles. The van der Waals surface area contributed by atoms with Gasteiger partial charge in [0.05, 0.1) is 57.4 Å². The summed E-state index contributed by atoms with van der Waals surface area (Å²) in [5.74, 6) is -1.57. The summed E-state index contributed by atoms with van der Waals surface area (Å²) in [5, 5.41) is 5.52. The number of amides is 3. The Kier molecular flexibility index (Phi) is 16.3. The molecule has 1 aliphatic rings. The fourth-order valence-electron chi connectivity index (χ4n) is 3.65. The Balaban J connectivity index is 0.00000760. The lowest BCUT2D eigenvalue weighted by Gasteiger charge is -2.24. The molecule has 0 spiro atoms. The molecule has 0 saturated carbocycles. The van der Waals surface area contributed by atoms with E-state index < -0.39 is 23.8 Å². The number of rotatable bonds is 21. The van der Waals surface area contributed by atoms with Crippen molar-refractivity contribution in [2.24, 2.45) is 0 Å². The zero-order valence-corrected chi connectivity index (χ0v) is 22.0. The molecule has 3 amide bonds. The zero-order valence-electron chi connectivity index (χ0n) is 22.0. The normalized spacial score (nSPS) is 12.9. The first-order valence-electron chi connectivity index (χ1n) is 12.4. The lowest BCUT2D eigenvalue weighted by Crippen LogP contribution is -2.48. The maximum atomic E-state index is 13.2. The molecule has 0 aliphatic carbocycles. The molecule has 0 aromatic heterocycles. The van der Waals surface area contributed by atoms with Gasteiger partial charge in [-0.25, -0.2) is 0 Å². The van der Waals surface area contributed by atoms with E-state index in [9.17, 15) is 19.2 Å². The van der Waals surface area contributed by atoms with Crippen molar-refractivity contribution >= 4 is 24.0 Å². The van der Waals surface area contributed by atoms with Crippen LogP contribution in [-0.2, 0) is 28.5 Å². The van der Waals surface area contributed by atoms with Gasteiger partial charge < -0.3 is 39.1 Å². The molecule has 2 N–H and O–H groups in total. The number of nitrogens with zero attached hydrogens (tertiary/aromatic N) is 1. The molecule has 0 fully saturated rings. The molecule has 12 nitrogen and oxygen atoms in total. The Labute approximate surface area is 229 Å². The van der Waals surface area contributed by atoms with Crippen LogP contribution in [-0.4, -0.2) is 109 Å². The number of hydrogen-bond donors (Lipinski definition) is 2. The van der Waals surface area contributed by atoms with E-state index in [1.165, 1.54) is 13.1 Å². The van der Waals surface area contributed by atoms with E-state index in [0.29, 0.717) is 64.8 Å². The summed E-state index contributed by atoms with van der Waals surface area (Å²) in [6.45, 7) is 7.85. The summed E-state index contributed by atoms with van der Waals surface area (Å²) < 4.78 is 26.9. The van der Waals surface area contributed by atoms with E-state index in [1.54, 1.807) is 19.2 Å². The van der Waals surface area contributed by atoms with E-state index in [-0.39, 0.29) is 43.8 Å². The first-order chi connectivity index (χ1) is 18.5. The van der Waals surface area contributed by atoms with Gasteiger partial charge in [0.15, 0.2) is 0 Å². The molecule has 1 unspecified atom stereocenters. The van der Waals surface area contributed by atoms with Gasteiger partial charge in [0, 0.05) is 32.8 Å². The number of imide groups is 1. The Morgan fingerprint density at radius 2 is 1.67 bits per heavy atom. The van der Waals surface area contributed by atoms with Crippen LogP contribution in [0.1, 0.15) is 41.0 Å². The number of carbonyl (C=O) groups is 4. The van der Waals surface area contributed by atoms with Gasteiger partial charge in [-0.1, -0.05) is 20.1 Å². The van der Waals surface area contributed by atoms with Crippen LogP contribution in [0.25, 0.3) is 0 Å². The molecule has 0 bridgehead atoms. The van der Waals surface area contributed by atoms with Gasteiger partial charge >= 0.3 is 0 Å². The monoisotopic (exact) mass is 551 g/mol. The molecular formula is C27H41N3O9. The number of methoxy groups -OCH3 is 1. The summed E-state index contributed by atoms with van der Waals surface area (Å²) in [5.41, 5.74) is 0.777. The SMILES string of the molecule is C.C=C(COc1cccc2c1C(=O)N(C(CCC=O)C(=O)NC)C2=O)NCCOCCOCCOCCOC. The fraction of sp³-hybridized carbons (Fsp3) is 0.556. The van der Waals surface area contributed by atoms with Crippen LogP contribution in [0, 0.1) is 0 Å². The predicted molar refractivity (Wildman–Crippen MR) is 144 cm³/mol. The Bertz CT molecular complexity index is 954. The summed E-state index contributed by atoms with van der Waals surface area (Å²) >= 11 is 0. The van der Waals surface area contributed by atoms with Crippen LogP contribution >= 0.6 is 0 Å². The van der Waals surface area contributed by atoms with E-state index in [4.69, 9.17) is 23.7 Å². The smallest absolute Gasteiger partial charge is 0.266 e. The average Bonchev–Trinajstić information content (AvgIpc) is 3.18. The number of carbonyl (C=O) groups excluding carboxylic acids is 4. The highest BCUT2D eigenvalue weighted by molar-refractivity contribution is 6.24. The lowest BCUT2D eigenvalue weighted by atomic mass is 10.1. The molecule has 2 rings (SSSR count). The van der Waals surface area contributed by atoms with Gasteiger partial charge in [-0.3, -0.25) is 19.3 Å².